The summed E-state index contributed by atoms with van der Waals surface area (Å²) in [6.07, 6.45) is 0. The molecule has 0 amide bonds. The maximum absolute atomic E-state index is 12.2. The van der Waals surface area contributed by atoms with Gasteiger partial charge in [-0.1, -0.05) is 12.1 Å². The lowest BCUT2D eigenvalue weighted by Crippen LogP contribution is -2.42. The van der Waals surface area contributed by atoms with Crippen LogP contribution in [0.1, 0.15) is 17.3 Å². The third-order valence-corrected chi connectivity index (χ3v) is 4.78. The first-order chi connectivity index (χ1) is 9.81. The minimum absolute atomic E-state index is 0.0156. The van der Waals surface area contributed by atoms with Crippen LogP contribution in [-0.4, -0.2) is 44.5 Å². The number of Topliss-reactive ketones (excluding diaryl/α,β-unsaturated/α-hetero) is 1. The van der Waals surface area contributed by atoms with Crippen LogP contribution in [0.15, 0.2) is 29.2 Å². The average molecular weight is 313 g/mol. The highest BCUT2D eigenvalue weighted by atomic mass is 32.2. The predicted octanol–water partition coefficient (Wildman–Crippen LogP) is 0.267. The summed E-state index contributed by atoms with van der Waals surface area (Å²) < 4.78 is 31.7. The Bertz CT molecular complexity index is 652. The Balaban J connectivity index is 2.18. The van der Waals surface area contributed by atoms with Crippen molar-refractivity contribution in [1.82, 2.24) is 4.72 Å². The van der Waals surface area contributed by atoms with Crippen molar-refractivity contribution in [2.45, 2.75) is 17.9 Å². The summed E-state index contributed by atoms with van der Waals surface area (Å²) in [5.74, 6) is -2.18. The molecule has 2 N–H and O–H groups in total. The topological polar surface area (TPSA) is 110 Å². The van der Waals surface area contributed by atoms with Crippen molar-refractivity contribution in [1.29, 1.82) is 0 Å². The first-order valence-electron chi connectivity index (χ1n) is 6.25. The molecule has 114 valence electrons. The van der Waals surface area contributed by atoms with Gasteiger partial charge in [0.1, 0.15) is 0 Å². The number of ether oxygens (including phenoxy) is 1. The molecule has 1 aromatic carbocycles. The van der Waals surface area contributed by atoms with E-state index in [4.69, 9.17) is 9.84 Å². The fraction of sp³-hybridized carbons (Fsp3) is 0.385. The predicted molar refractivity (Wildman–Crippen MR) is 72.5 cm³/mol. The Morgan fingerprint density at radius 1 is 1.24 bits per heavy atom. The molecule has 2 atom stereocenters. The summed E-state index contributed by atoms with van der Waals surface area (Å²) in [4.78, 5) is 22.1. The fourth-order valence-electron chi connectivity index (χ4n) is 2.05. The molecule has 7 nitrogen and oxygen atoms in total. The lowest BCUT2D eigenvalue weighted by molar-refractivity contribution is -0.142. The van der Waals surface area contributed by atoms with Crippen molar-refractivity contribution < 1.29 is 27.9 Å². The van der Waals surface area contributed by atoms with Crippen LogP contribution in [0, 0.1) is 5.92 Å². The molecule has 0 saturated carbocycles. The van der Waals surface area contributed by atoms with Gasteiger partial charge in [-0.15, -0.1) is 0 Å². The molecule has 0 aromatic heterocycles. The third-order valence-electron chi connectivity index (χ3n) is 3.28. The van der Waals surface area contributed by atoms with E-state index in [1.54, 1.807) is 0 Å². The lowest BCUT2D eigenvalue weighted by Gasteiger charge is -2.15. The standard InChI is InChI=1S/C13H15NO6S/c1-8(15)9-2-4-10(5-3-9)21(18,19)14-12-7-20-6-11(12)13(16)17/h2-5,11-12,14H,6-7H2,1H3,(H,16,17). The van der Waals surface area contributed by atoms with Gasteiger partial charge < -0.3 is 9.84 Å². The number of rotatable bonds is 5. The summed E-state index contributed by atoms with van der Waals surface area (Å²) >= 11 is 0. The van der Waals surface area contributed by atoms with Gasteiger partial charge in [-0.05, 0) is 19.1 Å². The van der Waals surface area contributed by atoms with Crippen molar-refractivity contribution in [3.63, 3.8) is 0 Å². The molecule has 1 heterocycles. The molecule has 1 saturated heterocycles. The number of carbonyl (C=O) groups excluding carboxylic acids is 1. The second-order valence-electron chi connectivity index (χ2n) is 4.79. The van der Waals surface area contributed by atoms with E-state index in [-0.39, 0.29) is 23.9 Å². The van der Waals surface area contributed by atoms with E-state index in [1.165, 1.54) is 31.2 Å². The third kappa shape index (κ3) is 3.46. The highest BCUT2D eigenvalue weighted by Gasteiger charge is 2.36. The van der Waals surface area contributed by atoms with E-state index in [0.717, 1.165) is 0 Å². The van der Waals surface area contributed by atoms with Crippen molar-refractivity contribution >= 4 is 21.8 Å². The number of aliphatic carboxylic acids is 1. The number of carboxylic acid groups (broad SMARTS) is 1. The van der Waals surface area contributed by atoms with Crippen LogP contribution in [0.2, 0.25) is 0 Å². The second kappa shape index (κ2) is 5.92. The molecule has 0 radical (unpaired) electrons. The molecule has 1 fully saturated rings. The molecule has 1 aliphatic heterocycles. The molecule has 8 heteroatoms. The molecule has 0 bridgehead atoms. The molecule has 2 unspecified atom stereocenters. The lowest BCUT2D eigenvalue weighted by atomic mass is 10.1. The quantitative estimate of drug-likeness (QED) is 0.755. The van der Waals surface area contributed by atoms with Crippen LogP contribution in [0.25, 0.3) is 0 Å². The van der Waals surface area contributed by atoms with Gasteiger partial charge in [-0.25, -0.2) is 13.1 Å². The molecule has 0 spiro atoms. The van der Waals surface area contributed by atoms with E-state index < -0.39 is 28.0 Å². The summed E-state index contributed by atoms with van der Waals surface area (Å²) in [5.41, 5.74) is 0.404. The Morgan fingerprint density at radius 2 is 1.86 bits per heavy atom. The number of carboxylic acids is 1. The van der Waals surface area contributed by atoms with Crippen LogP contribution >= 0.6 is 0 Å². The number of carbonyl (C=O) groups is 2. The normalized spacial score (nSPS) is 22.1. The van der Waals surface area contributed by atoms with Crippen LogP contribution in [0.5, 0.6) is 0 Å². The Morgan fingerprint density at radius 3 is 2.38 bits per heavy atom. The van der Waals surface area contributed by atoms with Crippen LogP contribution in [0.4, 0.5) is 0 Å². The zero-order valence-corrected chi connectivity index (χ0v) is 12.1. The number of sulfonamides is 1. The summed E-state index contributed by atoms with van der Waals surface area (Å²) in [6, 6.07) is 4.64. The summed E-state index contributed by atoms with van der Waals surface area (Å²) in [5, 5.41) is 9.00. The highest BCUT2D eigenvalue weighted by molar-refractivity contribution is 7.89. The Kier molecular flexibility index (Phi) is 4.40. The van der Waals surface area contributed by atoms with E-state index in [1.807, 2.05) is 0 Å². The number of hydrogen-bond donors (Lipinski definition) is 2. The largest absolute Gasteiger partial charge is 0.481 e. The second-order valence-corrected chi connectivity index (χ2v) is 6.50. The number of benzene rings is 1. The monoisotopic (exact) mass is 313 g/mol. The molecule has 1 aliphatic rings. The van der Waals surface area contributed by atoms with Gasteiger partial charge in [0.25, 0.3) is 0 Å². The average Bonchev–Trinajstić information content (AvgIpc) is 2.86. The number of nitrogens with one attached hydrogen (secondary N) is 1. The summed E-state index contributed by atoms with van der Waals surface area (Å²) in [7, 11) is -3.86. The zero-order chi connectivity index (χ0) is 15.6. The SMILES string of the molecule is CC(=O)c1ccc(S(=O)(=O)NC2COCC2C(=O)O)cc1. The van der Waals surface area contributed by atoms with Gasteiger partial charge >= 0.3 is 5.97 Å². The van der Waals surface area contributed by atoms with Crippen LogP contribution in [0.3, 0.4) is 0 Å². The van der Waals surface area contributed by atoms with Crippen LogP contribution < -0.4 is 4.72 Å². The Labute approximate surface area is 122 Å². The molecular formula is C13H15NO6S. The van der Waals surface area contributed by atoms with Crippen LogP contribution in [-0.2, 0) is 19.6 Å². The minimum atomic E-state index is -3.86. The maximum atomic E-state index is 12.2. The number of hydrogen-bond acceptors (Lipinski definition) is 5. The van der Waals surface area contributed by atoms with Gasteiger partial charge in [0.2, 0.25) is 10.0 Å². The van der Waals surface area contributed by atoms with Gasteiger partial charge in [0, 0.05) is 5.56 Å². The van der Waals surface area contributed by atoms with Gasteiger partial charge in [-0.3, -0.25) is 9.59 Å². The Hall–Kier alpha value is -1.77. The first-order valence-corrected chi connectivity index (χ1v) is 7.73. The van der Waals surface area contributed by atoms with E-state index in [9.17, 15) is 18.0 Å². The molecule has 1 aromatic rings. The fourth-order valence-corrected chi connectivity index (χ4v) is 3.31. The van der Waals surface area contributed by atoms with E-state index in [0.29, 0.717) is 5.56 Å². The van der Waals surface area contributed by atoms with Gasteiger partial charge in [0.15, 0.2) is 5.78 Å². The molecular weight excluding hydrogens is 298 g/mol. The smallest absolute Gasteiger partial charge is 0.310 e. The molecule has 21 heavy (non-hydrogen) atoms. The van der Waals surface area contributed by atoms with Crippen molar-refractivity contribution in [2.75, 3.05) is 13.2 Å². The van der Waals surface area contributed by atoms with Crippen molar-refractivity contribution in [2.24, 2.45) is 5.92 Å². The van der Waals surface area contributed by atoms with E-state index in [2.05, 4.69) is 4.72 Å². The van der Waals surface area contributed by atoms with Gasteiger partial charge in [-0.2, -0.15) is 0 Å². The maximum Gasteiger partial charge on any atom is 0.310 e. The van der Waals surface area contributed by atoms with Crippen molar-refractivity contribution in [3.8, 4) is 0 Å². The van der Waals surface area contributed by atoms with Gasteiger partial charge in [0.05, 0.1) is 30.1 Å². The van der Waals surface area contributed by atoms with Crippen molar-refractivity contribution in [3.05, 3.63) is 29.8 Å². The number of ketones is 1. The highest BCUT2D eigenvalue weighted by Crippen LogP contribution is 2.18. The first kappa shape index (κ1) is 15.6. The summed E-state index contributed by atoms with van der Waals surface area (Å²) in [6.45, 7) is 1.38. The van der Waals surface area contributed by atoms with E-state index >= 15 is 0 Å². The zero-order valence-electron chi connectivity index (χ0n) is 11.3. The minimum Gasteiger partial charge on any atom is -0.481 e. The molecule has 0 aliphatic carbocycles. The molecule has 2 rings (SSSR count).